The van der Waals surface area contributed by atoms with Crippen LogP contribution < -0.4 is 5.32 Å². The Hall–Kier alpha value is -1.12. The predicted octanol–water partition coefficient (Wildman–Crippen LogP) is 5.07. The van der Waals surface area contributed by atoms with Crippen LogP contribution in [0.4, 0.5) is 0 Å². The molecule has 0 aliphatic carbocycles. The molecular weight excluding hydrogens is 310 g/mol. The Balaban J connectivity index is 2.49. The molecule has 0 amide bonds. The van der Waals surface area contributed by atoms with Crippen LogP contribution in [0.2, 0.25) is 0 Å². The summed E-state index contributed by atoms with van der Waals surface area (Å²) in [6.45, 7) is 9.57. The van der Waals surface area contributed by atoms with Crippen LogP contribution in [0, 0.1) is 20.8 Å². The Morgan fingerprint density at radius 3 is 2.35 bits per heavy atom. The summed E-state index contributed by atoms with van der Waals surface area (Å²) in [5, 5.41) is 3.61. The van der Waals surface area contributed by atoms with Crippen molar-refractivity contribution in [1.82, 2.24) is 5.32 Å². The highest BCUT2D eigenvalue weighted by atomic mass is 79.9. The average molecular weight is 332 g/mol. The van der Waals surface area contributed by atoms with Crippen LogP contribution in [0.3, 0.4) is 0 Å². The van der Waals surface area contributed by atoms with Crippen molar-refractivity contribution in [2.75, 3.05) is 6.54 Å². The summed E-state index contributed by atoms with van der Waals surface area (Å²) in [6, 6.07) is 13.6. The van der Waals surface area contributed by atoms with Crippen LogP contribution in [0.5, 0.6) is 0 Å². The molecule has 2 heteroatoms. The van der Waals surface area contributed by atoms with E-state index in [1.165, 1.54) is 27.8 Å². The van der Waals surface area contributed by atoms with Crippen molar-refractivity contribution in [2.45, 2.75) is 33.7 Å². The number of halogens is 1. The van der Waals surface area contributed by atoms with Gasteiger partial charge in [0.15, 0.2) is 0 Å². The van der Waals surface area contributed by atoms with Gasteiger partial charge in [0.1, 0.15) is 0 Å². The molecule has 0 heterocycles. The van der Waals surface area contributed by atoms with Gasteiger partial charge in [-0.05, 0) is 61.7 Å². The van der Waals surface area contributed by atoms with E-state index in [-0.39, 0.29) is 6.04 Å². The van der Waals surface area contributed by atoms with Crippen LogP contribution in [0.25, 0.3) is 0 Å². The number of nitrogens with one attached hydrogen (secondary N) is 1. The quantitative estimate of drug-likeness (QED) is 0.824. The van der Waals surface area contributed by atoms with E-state index < -0.39 is 0 Å². The topological polar surface area (TPSA) is 12.0 Å². The molecule has 0 spiro atoms. The third-order valence-electron chi connectivity index (χ3n) is 3.54. The van der Waals surface area contributed by atoms with Gasteiger partial charge < -0.3 is 5.32 Å². The second kappa shape index (κ2) is 6.55. The van der Waals surface area contributed by atoms with Crippen LogP contribution in [-0.4, -0.2) is 6.54 Å². The molecule has 0 bridgehead atoms. The largest absolute Gasteiger partial charge is 0.307 e. The lowest BCUT2D eigenvalue weighted by atomic mass is 9.93. The maximum absolute atomic E-state index is 3.61. The molecule has 1 unspecified atom stereocenters. The summed E-state index contributed by atoms with van der Waals surface area (Å²) in [7, 11) is 0. The Morgan fingerprint density at radius 1 is 1.00 bits per heavy atom. The fraction of sp³-hybridized carbons (Fsp3) is 0.333. The minimum absolute atomic E-state index is 0.247. The zero-order valence-electron chi connectivity index (χ0n) is 12.6. The maximum atomic E-state index is 3.61. The van der Waals surface area contributed by atoms with E-state index in [1.54, 1.807) is 0 Å². The molecule has 106 valence electrons. The smallest absolute Gasteiger partial charge is 0.0579 e. The zero-order chi connectivity index (χ0) is 14.7. The summed E-state index contributed by atoms with van der Waals surface area (Å²) < 4.78 is 1.14. The minimum Gasteiger partial charge on any atom is -0.307 e. The first-order valence-electron chi connectivity index (χ1n) is 7.09. The molecule has 0 aliphatic rings. The van der Waals surface area contributed by atoms with E-state index in [2.05, 4.69) is 85.3 Å². The van der Waals surface area contributed by atoms with Gasteiger partial charge in [0.05, 0.1) is 6.04 Å². The van der Waals surface area contributed by atoms with Crippen molar-refractivity contribution in [1.29, 1.82) is 0 Å². The zero-order valence-corrected chi connectivity index (χ0v) is 14.2. The van der Waals surface area contributed by atoms with E-state index in [1.807, 2.05) is 0 Å². The summed E-state index contributed by atoms with van der Waals surface area (Å²) in [5.41, 5.74) is 6.60. The first-order valence-corrected chi connectivity index (χ1v) is 7.88. The monoisotopic (exact) mass is 331 g/mol. The number of hydrogen-bond acceptors (Lipinski definition) is 1. The highest BCUT2D eigenvalue weighted by molar-refractivity contribution is 9.10. The van der Waals surface area contributed by atoms with Crippen molar-refractivity contribution < 1.29 is 0 Å². The van der Waals surface area contributed by atoms with Gasteiger partial charge in [0.25, 0.3) is 0 Å². The van der Waals surface area contributed by atoms with Gasteiger partial charge in [0, 0.05) is 4.47 Å². The second-order valence-electron chi connectivity index (χ2n) is 5.41. The first-order chi connectivity index (χ1) is 9.51. The van der Waals surface area contributed by atoms with E-state index in [0.29, 0.717) is 0 Å². The lowest BCUT2D eigenvalue weighted by molar-refractivity contribution is 0.627. The van der Waals surface area contributed by atoms with Crippen LogP contribution in [0.15, 0.2) is 40.9 Å². The number of aryl methyl sites for hydroxylation is 3. The van der Waals surface area contributed by atoms with Gasteiger partial charge in [-0.25, -0.2) is 0 Å². The van der Waals surface area contributed by atoms with E-state index >= 15 is 0 Å². The Bertz CT molecular complexity index is 584. The van der Waals surface area contributed by atoms with Gasteiger partial charge in [-0.2, -0.15) is 0 Å². The van der Waals surface area contributed by atoms with Gasteiger partial charge in [-0.3, -0.25) is 0 Å². The first kappa shape index (κ1) is 15.3. The number of rotatable bonds is 4. The molecule has 2 aromatic carbocycles. The standard InChI is InChI=1S/C18H22BrN/c1-5-20-18(15-9-13(3)10-16(19)11-15)17-7-6-12(2)8-14(17)4/h6-11,18,20H,5H2,1-4H3. The fourth-order valence-corrected chi connectivity index (χ4v) is 3.32. The van der Waals surface area contributed by atoms with Crippen molar-refractivity contribution in [2.24, 2.45) is 0 Å². The van der Waals surface area contributed by atoms with Crippen molar-refractivity contribution in [3.63, 3.8) is 0 Å². The average Bonchev–Trinajstić information content (AvgIpc) is 2.35. The molecule has 0 aromatic heterocycles. The van der Waals surface area contributed by atoms with Gasteiger partial charge in [-0.1, -0.05) is 52.7 Å². The molecule has 2 aromatic rings. The second-order valence-corrected chi connectivity index (χ2v) is 6.33. The van der Waals surface area contributed by atoms with Gasteiger partial charge in [-0.15, -0.1) is 0 Å². The Kier molecular flexibility index (Phi) is 5.00. The molecule has 1 atom stereocenters. The molecule has 0 saturated heterocycles. The maximum Gasteiger partial charge on any atom is 0.0579 e. The van der Waals surface area contributed by atoms with E-state index in [0.717, 1.165) is 11.0 Å². The fourth-order valence-electron chi connectivity index (χ4n) is 2.69. The summed E-state index contributed by atoms with van der Waals surface area (Å²) in [6.07, 6.45) is 0. The lowest BCUT2D eigenvalue weighted by Crippen LogP contribution is -2.23. The molecule has 0 radical (unpaired) electrons. The van der Waals surface area contributed by atoms with Crippen molar-refractivity contribution >= 4 is 15.9 Å². The van der Waals surface area contributed by atoms with Crippen LogP contribution >= 0.6 is 15.9 Å². The Morgan fingerprint density at radius 2 is 1.75 bits per heavy atom. The molecule has 1 nitrogen and oxygen atoms in total. The van der Waals surface area contributed by atoms with Gasteiger partial charge in [0.2, 0.25) is 0 Å². The third kappa shape index (κ3) is 3.50. The lowest BCUT2D eigenvalue weighted by Gasteiger charge is -2.22. The Labute approximate surface area is 130 Å². The number of benzene rings is 2. The minimum atomic E-state index is 0.247. The van der Waals surface area contributed by atoms with Gasteiger partial charge >= 0.3 is 0 Å². The van der Waals surface area contributed by atoms with E-state index in [4.69, 9.17) is 0 Å². The normalized spacial score (nSPS) is 12.4. The highest BCUT2D eigenvalue weighted by Crippen LogP contribution is 2.28. The summed E-state index contributed by atoms with van der Waals surface area (Å²) in [5.74, 6) is 0. The molecule has 20 heavy (non-hydrogen) atoms. The molecule has 0 aliphatic heterocycles. The van der Waals surface area contributed by atoms with E-state index in [9.17, 15) is 0 Å². The summed E-state index contributed by atoms with van der Waals surface area (Å²) >= 11 is 3.61. The van der Waals surface area contributed by atoms with Crippen LogP contribution in [0.1, 0.15) is 40.8 Å². The van der Waals surface area contributed by atoms with Crippen molar-refractivity contribution in [3.05, 3.63) is 68.7 Å². The summed E-state index contributed by atoms with van der Waals surface area (Å²) in [4.78, 5) is 0. The molecule has 1 N–H and O–H groups in total. The molecule has 0 saturated carbocycles. The number of hydrogen-bond donors (Lipinski definition) is 1. The highest BCUT2D eigenvalue weighted by Gasteiger charge is 2.15. The SMILES string of the molecule is CCNC(c1cc(C)cc(Br)c1)c1ccc(C)cc1C. The molecular formula is C18H22BrN. The third-order valence-corrected chi connectivity index (χ3v) is 4.00. The molecule has 0 fully saturated rings. The van der Waals surface area contributed by atoms with Crippen molar-refractivity contribution in [3.8, 4) is 0 Å². The van der Waals surface area contributed by atoms with Crippen LogP contribution in [-0.2, 0) is 0 Å². The predicted molar refractivity (Wildman–Crippen MR) is 90.3 cm³/mol. The molecule has 2 rings (SSSR count).